The van der Waals surface area contributed by atoms with E-state index in [0.717, 1.165) is 0 Å². The highest BCUT2D eigenvalue weighted by atomic mass is 19.4. The van der Waals surface area contributed by atoms with Gasteiger partial charge in [-0.05, 0) is 25.5 Å². The van der Waals surface area contributed by atoms with Gasteiger partial charge in [-0.2, -0.15) is 13.2 Å². The van der Waals surface area contributed by atoms with E-state index in [1.807, 2.05) is 0 Å². The van der Waals surface area contributed by atoms with Gasteiger partial charge in [0.1, 0.15) is 11.3 Å². The van der Waals surface area contributed by atoms with E-state index in [0.29, 0.717) is 13.0 Å². The lowest BCUT2D eigenvalue weighted by atomic mass is 10.2. The number of unbranched alkanes of at least 4 members (excludes halogenated alkanes) is 1. The summed E-state index contributed by atoms with van der Waals surface area (Å²) in [7, 11) is 0. The molecular formula is C11H14F3NO3. The molecule has 102 valence electrons. The minimum Gasteiger partial charge on any atom is -0.478 e. The van der Waals surface area contributed by atoms with Crippen LogP contribution in [0.15, 0.2) is 16.7 Å². The number of carbonyl (C=O) groups is 1. The zero-order valence-electron chi connectivity index (χ0n) is 9.59. The number of carboxylic acids is 1. The summed E-state index contributed by atoms with van der Waals surface area (Å²) >= 11 is 0. The molecule has 1 rings (SSSR count). The zero-order valence-corrected chi connectivity index (χ0v) is 9.59. The first-order chi connectivity index (χ1) is 8.40. The van der Waals surface area contributed by atoms with Crippen LogP contribution in [-0.2, 0) is 6.54 Å². The number of nitrogens with one attached hydrogen (secondary N) is 1. The van der Waals surface area contributed by atoms with Crippen molar-refractivity contribution in [3.8, 4) is 0 Å². The average Bonchev–Trinajstić information content (AvgIpc) is 2.69. The Morgan fingerprint density at radius 2 is 2.11 bits per heavy atom. The maximum absolute atomic E-state index is 11.8. The van der Waals surface area contributed by atoms with Crippen molar-refractivity contribution in [2.24, 2.45) is 0 Å². The van der Waals surface area contributed by atoms with Crippen molar-refractivity contribution in [1.29, 1.82) is 0 Å². The van der Waals surface area contributed by atoms with Crippen molar-refractivity contribution >= 4 is 5.97 Å². The first-order valence-electron chi connectivity index (χ1n) is 5.47. The molecular weight excluding hydrogens is 251 g/mol. The predicted octanol–water partition coefficient (Wildman–Crippen LogP) is 2.80. The fraction of sp³-hybridized carbons (Fsp3) is 0.545. The van der Waals surface area contributed by atoms with Gasteiger partial charge >= 0.3 is 12.1 Å². The molecule has 0 fully saturated rings. The summed E-state index contributed by atoms with van der Waals surface area (Å²) in [6, 6.07) is 1.34. The second kappa shape index (κ2) is 6.44. The van der Waals surface area contributed by atoms with Gasteiger partial charge in [-0.25, -0.2) is 4.79 Å². The van der Waals surface area contributed by atoms with Crippen LogP contribution in [0, 0.1) is 0 Å². The van der Waals surface area contributed by atoms with Gasteiger partial charge in [-0.15, -0.1) is 0 Å². The van der Waals surface area contributed by atoms with Crippen molar-refractivity contribution in [1.82, 2.24) is 5.32 Å². The predicted molar refractivity (Wildman–Crippen MR) is 57.3 cm³/mol. The van der Waals surface area contributed by atoms with Crippen LogP contribution in [0.25, 0.3) is 0 Å². The summed E-state index contributed by atoms with van der Waals surface area (Å²) in [5.74, 6) is -0.809. The molecule has 0 unspecified atom stereocenters. The summed E-state index contributed by atoms with van der Waals surface area (Å²) < 4.78 is 40.5. The second-order valence-electron chi connectivity index (χ2n) is 3.81. The number of halogens is 3. The van der Waals surface area contributed by atoms with Crippen LogP contribution in [-0.4, -0.2) is 23.8 Å². The molecule has 1 aromatic heterocycles. The summed E-state index contributed by atoms with van der Waals surface area (Å²) in [5, 5.41) is 11.6. The van der Waals surface area contributed by atoms with Crippen LogP contribution in [0.1, 0.15) is 35.4 Å². The molecule has 2 N–H and O–H groups in total. The Morgan fingerprint density at radius 1 is 1.39 bits per heavy atom. The normalized spacial score (nSPS) is 11.7. The van der Waals surface area contributed by atoms with Gasteiger partial charge in [0, 0.05) is 6.42 Å². The summed E-state index contributed by atoms with van der Waals surface area (Å²) in [6.45, 7) is 0.580. The van der Waals surface area contributed by atoms with Crippen LogP contribution in [0.5, 0.6) is 0 Å². The minimum absolute atomic E-state index is 0.0560. The zero-order chi connectivity index (χ0) is 13.6. The largest absolute Gasteiger partial charge is 0.478 e. The molecule has 0 aliphatic rings. The lowest BCUT2D eigenvalue weighted by Gasteiger charge is -2.06. The number of furan rings is 1. The van der Waals surface area contributed by atoms with E-state index >= 15 is 0 Å². The molecule has 7 heteroatoms. The van der Waals surface area contributed by atoms with Gasteiger partial charge in [0.05, 0.1) is 12.8 Å². The molecule has 4 nitrogen and oxygen atoms in total. The Morgan fingerprint density at radius 3 is 2.72 bits per heavy atom. The number of hydrogen-bond donors (Lipinski definition) is 2. The fourth-order valence-corrected chi connectivity index (χ4v) is 1.45. The molecule has 0 aromatic carbocycles. The Hall–Kier alpha value is -1.50. The number of aromatic carboxylic acids is 1. The van der Waals surface area contributed by atoms with Gasteiger partial charge in [-0.1, -0.05) is 0 Å². The van der Waals surface area contributed by atoms with Crippen LogP contribution in [0.2, 0.25) is 0 Å². The molecule has 0 spiro atoms. The molecule has 0 saturated heterocycles. The van der Waals surface area contributed by atoms with E-state index in [-0.39, 0.29) is 24.3 Å². The molecule has 0 amide bonds. The Kier molecular flexibility index (Phi) is 5.21. The molecule has 1 aromatic rings. The maximum atomic E-state index is 11.8. The van der Waals surface area contributed by atoms with E-state index in [2.05, 4.69) is 5.32 Å². The van der Waals surface area contributed by atoms with Crippen LogP contribution in [0.3, 0.4) is 0 Å². The standard InChI is InChI=1S/C11H14F3NO3/c12-11(13,14)4-1-2-5-15-7-9-8(10(16)17)3-6-18-9/h3,6,15H,1-2,4-5,7H2,(H,16,17). The molecule has 18 heavy (non-hydrogen) atoms. The van der Waals surface area contributed by atoms with Crippen LogP contribution < -0.4 is 5.32 Å². The summed E-state index contributed by atoms with van der Waals surface area (Å²) in [6.07, 6.45) is -3.21. The number of hydrogen-bond acceptors (Lipinski definition) is 3. The smallest absolute Gasteiger partial charge is 0.389 e. The van der Waals surface area contributed by atoms with Crippen molar-refractivity contribution in [3.05, 3.63) is 23.7 Å². The molecule has 0 radical (unpaired) electrons. The first-order valence-corrected chi connectivity index (χ1v) is 5.47. The quantitative estimate of drug-likeness (QED) is 0.744. The summed E-state index contributed by atoms with van der Waals surface area (Å²) in [5.41, 5.74) is 0.0674. The highest BCUT2D eigenvalue weighted by molar-refractivity contribution is 5.88. The van der Waals surface area contributed by atoms with E-state index < -0.39 is 18.6 Å². The summed E-state index contributed by atoms with van der Waals surface area (Å²) in [4.78, 5) is 10.7. The minimum atomic E-state index is -4.11. The van der Waals surface area contributed by atoms with Crippen molar-refractivity contribution < 1.29 is 27.5 Å². The Balaban J connectivity index is 2.18. The maximum Gasteiger partial charge on any atom is 0.389 e. The van der Waals surface area contributed by atoms with Gasteiger partial charge < -0.3 is 14.8 Å². The van der Waals surface area contributed by atoms with E-state index in [1.165, 1.54) is 12.3 Å². The topological polar surface area (TPSA) is 62.5 Å². The van der Waals surface area contributed by atoms with Gasteiger partial charge in [0.25, 0.3) is 0 Å². The van der Waals surface area contributed by atoms with Crippen LogP contribution >= 0.6 is 0 Å². The van der Waals surface area contributed by atoms with Crippen molar-refractivity contribution in [2.75, 3.05) is 6.54 Å². The van der Waals surface area contributed by atoms with Crippen molar-refractivity contribution in [2.45, 2.75) is 32.0 Å². The molecule has 0 bridgehead atoms. The number of alkyl halides is 3. The fourth-order valence-electron chi connectivity index (χ4n) is 1.45. The molecule has 0 atom stereocenters. The number of rotatable bonds is 7. The van der Waals surface area contributed by atoms with Crippen LogP contribution in [0.4, 0.5) is 13.2 Å². The highest BCUT2D eigenvalue weighted by Crippen LogP contribution is 2.21. The first kappa shape index (κ1) is 14.6. The molecule has 1 heterocycles. The van der Waals surface area contributed by atoms with E-state index in [9.17, 15) is 18.0 Å². The Labute approximate surface area is 102 Å². The van der Waals surface area contributed by atoms with Crippen molar-refractivity contribution in [3.63, 3.8) is 0 Å². The second-order valence-corrected chi connectivity index (χ2v) is 3.81. The molecule has 0 aliphatic heterocycles. The molecule has 0 saturated carbocycles. The third kappa shape index (κ3) is 5.22. The van der Waals surface area contributed by atoms with Gasteiger partial charge in [-0.3, -0.25) is 0 Å². The lowest BCUT2D eigenvalue weighted by molar-refractivity contribution is -0.135. The SMILES string of the molecule is O=C(O)c1ccoc1CNCCCCC(F)(F)F. The number of carboxylic acid groups (broad SMARTS) is 1. The van der Waals surface area contributed by atoms with Gasteiger partial charge in [0.2, 0.25) is 0 Å². The average molecular weight is 265 g/mol. The van der Waals surface area contributed by atoms with E-state index in [1.54, 1.807) is 0 Å². The van der Waals surface area contributed by atoms with Gasteiger partial charge in [0.15, 0.2) is 0 Å². The lowest BCUT2D eigenvalue weighted by Crippen LogP contribution is -2.17. The van der Waals surface area contributed by atoms with E-state index in [4.69, 9.17) is 9.52 Å². The molecule has 0 aliphatic carbocycles. The monoisotopic (exact) mass is 265 g/mol. The third-order valence-corrected chi connectivity index (χ3v) is 2.33. The highest BCUT2D eigenvalue weighted by Gasteiger charge is 2.25. The Bertz CT molecular complexity index is 387. The third-order valence-electron chi connectivity index (χ3n) is 2.33.